The van der Waals surface area contributed by atoms with Gasteiger partial charge in [0.1, 0.15) is 5.82 Å². The van der Waals surface area contributed by atoms with E-state index in [1.54, 1.807) is 0 Å². The maximum atomic E-state index is 12.9. The second-order valence-corrected chi connectivity index (χ2v) is 8.77. The number of aromatic nitrogens is 2. The van der Waals surface area contributed by atoms with E-state index in [0.29, 0.717) is 18.4 Å². The highest BCUT2D eigenvalue weighted by Crippen LogP contribution is 2.34. The predicted octanol–water partition coefficient (Wildman–Crippen LogP) is 5.04. The number of nitrogens with zero attached hydrogens (tertiary/aromatic N) is 3. The third kappa shape index (κ3) is 3.57. The number of hydrogen-bond acceptors (Lipinski definition) is 2. The number of para-hydroxylation sites is 2. The Morgan fingerprint density at radius 2 is 1.76 bits per heavy atom. The van der Waals surface area contributed by atoms with E-state index >= 15 is 0 Å². The fourth-order valence-corrected chi connectivity index (χ4v) is 5.10. The molecule has 1 aliphatic carbocycles. The molecule has 1 atom stereocenters. The van der Waals surface area contributed by atoms with Crippen molar-refractivity contribution in [3.8, 4) is 0 Å². The number of amides is 1. The van der Waals surface area contributed by atoms with Gasteiger partial charge in [0, 0.05) is 31.5 Å². The van der Waals surface area contributed by atoms with Crippen LogP contribution < -0.4 is 0 Å². The first-order valence-electron chi connectivity index (χ1n) is 11.0. The molecule has 2 fully saturated rings. The molecule has 4 heteroatoms. The van der Waals surface area contributed by atoms with Crippen molar-refractivity contribution in [1.29, 1.82) is 0 Å². The van der Waals surface area contributed by atoms with Crippen molar-refractivity contribution in [1.82, 2.24) is 14.5 Å². The van der Waals surface area contributed by atoms with Crippen molar-refractivity contribution >= 4 is 16.9 Å². The molecule has 3 aromatic rings. The molecule has 5 rings (SSSR count). The van der Waals surface area contributed by atoms with Gasteiger partial charge in [-0.2, -0.15) is 0 Å². The van der Waals surface area contributed by atoms with Crippen molar-refractivity contribution in [2.75, 3.05) is 6.54 Å². The molecule has 1 saturated heterocycles. The summed E-state index contributed by atoms with van der Waals surface area (Å²) < 4.78 is 2.34. The van der Waals surface area contributed by atoms with Gasteiger partial charge in [-0.05, 0) is 37.5 Å². The first kappa shape index (κ1) is 18.4. The molecule has 2 aliphatic rings. The summed E-state index contributed by atoms with van der Waals surface area (Å²) in [4.78, 5) is 20.0. The van der Waals surface area contributed by atoms with Crippen LogP contribution in [-0.2, 0) is 11.3 Å². The Hall–Kier alpha value is -2.62. The molecule has 29 heavy (non-hydrogen) atoms. The van der Waals surface area contributed by atoms with Crippen LogP contribution in [-0.4, -0.2) is 32.9 Å². The summed E-state index contributed by atoms with van der Waals surface area (Å²) in [7, 11) is 0. The van der Waals surface area contributed by atoms with Gasteiger partial charge in [-0.1, -0.05) is 61.2 Å². The Bertz CT molecular complexity index is 1010. The van der Waals surface area contributed by atoms with Crippen molar-refractivity contribution in [2.45, 2.75) is 64.0 Å². The van der Waals surface area contributed by atoms with Crippen molar-refractivity contribution in [3.63, 3.8) is 0 Å². The van der Waals surface area contributed by atoms with Crippen LogP contribution in [0.4, 0.5) is 0 Å². The van der Waals surface area contributed by atoms with Crippen LogP contribution in [0.3, 0.4) is 0 Å². The predicted molar refractivity (Wildman–Crippen MR) is 116 cm³/mol. The summed E-state index contributed by atoms with van der Waals surface area (Å²) in [5, 5.41) is 0. The molecular weight excluding hydrogens is 358 g/mol. The largest absolute Gasteiger partial charge is 0.339 e. The van der Waals surface area contributed by atoms with Gasteiger partial charge in [0.15, 0.2) is 0 Å². The number of fused-ring (bicyclic) bond motifs is 1. The zero-order valence-corrected chi connectivity index (χ0v) is 17.2. The highest BCUT2D eigenvalue weighted by molar-refractivity contribution is 5.81. The molecular formula is C25H29N3O. The van der Waals surface area contributed by atoms with E-state index in [2.05, 4.69) is 58.9 Å². The van der Waals surface area contributed by atoms with E-state index in [1.807, 2.05) is 6.07 Å². The minimum atomic E-state index is 0.183. The topological polar surface area (TPSA) is 38.1 Å². The summed E-state index contributed by atoms with van der Waals surface area (Å²) in [6.07, 6.45) is 6.74. The van der Waals surface area contributed by atoms with E-state index in [-0.39, 0.29) is 5.92 Å². The van der Waals surface area contributed by atoms with Crippen LogP contribution in [0, 0.1) is 6.92 Å². The van der Waals surface area contributed by atoms with Crippen LogP contribution in [0.15, 0.2) is 48.5 Å². The molecule has 1 aliphatic heterocycles. The van der Waals surface area contributed by atoms with Crippen molar-refractivity contribution in [2.24, 2.45) is 0 Å². The van der Waals surface area contributed by atoms with E-state index in [0.717, 1.165) is 42.8 Å². The van der Waals surface area contributed by atoms with Gasteiger partial charge < -0.3 is 9.47 Å². The SMILES string of the molecule is Cc1ccc(Cn2c(C3CC(=O)N(C4CCCCC4)C3)nc3ccccc32)cc1. The van der Waals surface area contributed by atoms with E-state index in [9.17, 15) is 4.79 Å². The molecule has 2 heterocycles. The highest BCUT2D eigenvalue weighted by atomic mass is 16.2. The minimum Gasteiger partial charge on any atom is -0.339 e. The number of benzene rings is 2. The zero-order chi connectivity index (χ0) is 19.8. The van der Waals surface area contributed by atoms with Gasteiger partial charge in [0.25, 0.3) is 0 Å². The molecule has 2 aromatic carbocycles. The lowest BCUT2D eigenvalue weighted by atomic mass is 9.94. The third-order valence-electron chi connectivity index (χ3n) is 6.68. The molecule has 0 bridgehead atoms. The Kier molecular flexibility index (Phi) is 4.86. The van der Waals surface area contributed by atoms with Crippen LogP contribution >= 0.6 is 0 Å². The fraction of sp³-hybridized carbons (Fsp3) is 0.440. The fourth-order valence-electron chi connectivity index (χ4n) is 5.10. The van der Waals surface area contributed by atoms with Gasteiger partial charge >= 0.3 is 0 Å². The average Bonchev–Trinajstić information content (AvgIpc) is 3.31. The molecule has 1 amide bonds. The normalized spacial score (nSPS) is 20.7. The van der Waals surface area contributed by atoms with Gasteiger partial charge in [-0.3, -0.25) is 4.79 Å². The van der Waals surface area contributed by atoms with Crippen LogP contribution in [0.5, 0.6) is 0 Å². The summed E-state index contributed by atoms with van der Waals surface area (Å²) in [6.45, 7) is 3.73. The smallest absolute Gasteiger partial charge is 0.223 e. The van der Waals surface area contributed by atoms with Crippen molar-refractivity contribution < 1.29 is 4.79 Å². The Balaban J connectivity index is 1.48. The molecule has 1 unspecified atom stereocenters. The highest BCUT2D eigenvalue weighted by Gasteiger charge is 2.37. The number of imidazole rings is 1. The van der Waals surface area contributed by atoms with Crippen molar-refractivity contribution in [3.05, 3.63) is 65.5 Å². The maximum Gasteiger partial charge on any atom is 0.223 e. The zero-order valence-electron chi connectivity index (χ0n) is 17.2. The monoisotopic (exact) mass is 387 g/mol. The standard InChI is InChI=1S/C25H29N3O/c1-18-11-13-19(14-12-18)16-28-23-10-6-5-9-22(23)26-25(28)20-15-24(29)27(17-20)21-7-3-2-4-8-21/h5-6,9-14,20-21H,2-4,7-8,15-17H2,1H3. The van der Waals surface area contributed by atoms with E-state index in [4.69, 9.17) is 4.98 Å². The molecule has 150 valence electrons. The number of carbonyl (C=O) groups excluding carboxylic acids is 1. The lowest BCUT2D eigenvalue weighted by Gasteiger charge is -2.31. The lowest BCUT2D eigenvalue weighted by Crippen LogP contribution is -2.37. The molecule has 0 N–H and O–H groups in total. The molecule has 1 saturated carbocycles. The molecule has 0 spiro atoms. The average molecular weight is 388 g/mol. The summed E-state index contributed by atoms with van der Waals surface area (Å²) in [5.74, 6) is 1.57. The van der Waals surface area contributed by atoms with Gasteiger partial charge in [0.2, 0.25) is 5.91 Å². The van der Waals surface area contributed by atoms with E-state index < -0.39 is 0 Å². The Labute approximate surface area is 172 Å². The number of carbonyl (C=O) groups is 1. The maximum absolute atomic E-state index is 12.9. The van der Waals surface area contributed by atoms with Crippen LogP contribution in [0.2, 0.25) is 0 Å². The third-order valence-corrected chi connectivity index (χ3v) is 6.68. The quantitative estimate of drug-likeness (QED) is 0.629. The Morgan fingerprint density at radius 3 is 2.55 bits per heavy atom. The molecule has 0 radical (unpaired) electrons. The molecule has 1 aromatic heterocycles. The minimum absolute atomic E-state index is 0.183. The number of likely N-dealkylation sites (tertiary alicyclic amines) is 1. The Morgan fingerprint density at radius 1 is 1.00 bits per heavy atom. The number of aryl methyl sites for hydroxylation is 1. The van der Waals surface area contributed by atoms with Gasteiger partial charge in [0.05, 0.1) is 11.0 Å². The summed E-state index contributed by atoms with van der Waals surface area (Å²) in [5.41, 5.74) is 4.73. The first-order chi connectivity index (χ1) is 14.2. The number of rotatable bonds is 4. The van der Waals surface area contributed by atoms with Gasteiger partial charge in [-0.15, -0.1) is 0 Å². The van der Waals surface area contributed by atoms with Crippen LogP contribution in [0.25, 0.3) is 11.0 Å². The lowest BCUT2D eigenvalue weighted by molar-refractivity contribution is -0.130. The second kappa shape index (κ2) is 7.66. The summed E-state index contributed by atoms with van der Waals surface area (Å²) in [6, 6.07) is 17.5. The van der Waals surface area contributed by atoms with E-state index in [1.165, 1.54) is 30.4 Å². The first-order valence-corrected chi connectivity index (χ1v) is 11.0. The molecule has 4 nitrogen and oxygen atoms in total. The van der Waals surface area contributed by atoms with Crippen LogP contribution in [0.1, 0.15) is 61.4 Å². The second-order valence-electron chi connectivity index (χ2n) is 8.77. The number of hydrogen-bond donors (Lipinski definition) is 0. The van der Waals surface area contributed by atoms with Gasteiger partial charge in [-0.25, -0.2) is 4.98 Å². The summed E-state index contributed by atoms with van der Waals surface area (Å²) >= 11 is 0.